The van der Waals surface area contributed by atoms with Crippen LogP contribution in [0.1, 0.15) is 18.6 Å². The fourth-order valence-electron chi connectivity index (χ4n) is 2.91. The van der Waals surface area contributed by atoms with Gasteiger partial charge in [0.1, 0.15) is 12.2 Å². The van der Waals surface area contributed by atoms with E-state index in [-0.39, 0.29) is 24.2 Å². The number of hydrogen-bond acceptors (Lipinski definition) is 4. The molecule has 0 bridgehead atoms. The van der Waals surface area contributed by atoms with E-state index in [1.54, 1.807) is 0 Å². The minimum atomic E-state index is -0.361. The molecule has 3 unspecified atom stereocenters. The van der Waals surface area contributed by atoms with Crippen LogP contribution in [0.2, 0.25) is 0 Å². The first-order valence-corrected chi connectivity index (χ1v) is 7.55. The second-order valence-electron chi connectivity index (χ2n) is 5.65. The summed E-state index contributed by atoms with van der Waals surface area (Å²) in [5.74, 6) is 0.0679. The van der Waals surface area contributed by atoms with Crippen LogP contribution in [0.25, 0.3) is 0 Å². The molecule has 1 amide bonds. The van der Waals surface area contributed by atoms with Crippen molar-refractivity contribution in [2.24, 2.45) is 0 Å². The van der Waals surface area contributed by atoms with Gasteiger partial charge in [0.15, 0.2) is 0 Å². The average molecular weight is 290 g/mol. The highest BCUT2D eigenvalue weighted by atomic mass is 16.5. The van der Waals surface area contributed by atoms with E-state index in [2.05, 4.69) is 5.32 Å². The maximum Gasteiger partial charge on any atom is 0.253 e. The largest absolute Gasteiger partial charge is 0.367 e. The molecule has 2 fully saturated rings. The Bertz CT molecular complexity index is 474. The zero-order chi connectivity index (χ0) is 14.7. The summed E-state index contributed by atoms with van der Waals surface area (Å²) in [4.78, 5) is 14.5. The van der Waals surface area contributed by atoms with E-state index in [1.165, 1.54) is 0 Å². The van der Waals surface area contributed by atoms with E-state index in [0.717, 1.165) is 12.1 Å². The van der Waals surface area contributed by atoms with Crippen molar-refractivity contribution in [3.8, 4) is 0 Å². The summed E-state index contributed by atoms with van der Waals surface area (Å²) in [6, 6.07) is 10.1. The molecule has 1 aromatic carbocycles. The van der Waals surface area contributed by atoms with Gasteiger partial charge in [0.25, 0.3) is 5.91 Å². The standard InChI is InChI=1S/C16H22N2O3/c1-12-10-18(16(19)14-9-17-7-8-20-14)11-15(21-12)13-5-3-2-4-6-13/h2-6,12,14-15,17H,7-11H2,1H3. The highest BCUT2D eigenvalue weighted by molar-refractivity contribution is 5.81. The molecule has 2 aliphatic heterocycles. The van der Waals surface area contributed by atoms with Crippen LogP contribution in [0, 0.1) is 0 Å². The van der Waals surface area contributed by atoms with Gasteiger partial charge in [0.2, 0.25) is 0 Å². The van der Waals surface area contributed by atoms with Gasteiger partial charge in [-0.05, 0) is 12.5 Å². The maximum absolute atomic E-state index is 12.6. The molecule has 0 spiro atoms. The Balaban J connectivity index is 1.69. The molecule has 5 nitrogen and oxygen atoms in total. The molecule has 1 N–H and O–H groups in total. The zero-order valence-electron chi connectivity index (χ0n) is 12.3. The monoisotopic (exact) mass is 290 g/mol. The van der Waals surface area contributed by atoms with Crippen LogP contribution in [0.5, 0.6) is 0 Å². The number of nitrogens with zero attached hydrogens (tertiary/aromatic N) is 1. The lowest BCUT2D eigenvalue weighted by Gasteiger charge is -2.39. The van der Waals surface area contributed by atoms with Crippen molar-refractivity contribution in [2.45, 2.75) is 25.2 Å². The normalized spacial score (nSPS) is 30.1. The zero-order valence-corrected chi connectivity index (χ0v) is 12.3. The third kappa shape index (κ3) is 3.43. The number of ether oxygens (including phenoxy) is 2. The van der Waals surface area contributed by atoms with Crippen LogP contribution in [0.3, 0.4) is 0 Å². The lowest BCUT2D eigenvalue weighted by atomic mass is 10.1. The first-order chi connectivity index (χ1) is 10.2. The Hall–Kier alpha value is -1.43. The number of carbonyl (C=O) groups excluding carboxylic acids is 1. The van der Waals surface area contributed by atoms with Gasteiger partial charge in [-0.15, -0.1) is 0 Å². The third-order valence-electron chi connectivity index (χ3n) is 3.95. The van der Waals surface area contributed by atoms with Crippen LogP contribution < -0.4 is 5.32 Å². The average Bonchev–Trinajstić information content (AvgIpc) is 2.55. The highest BCUT2D eigenvalue weighted by Crippen LogP contribution is 2.25. The van der Waals surface area contributed by atoms with Crippen molar-refractivity contribution in [2.75, 3.05) is 32.8 Å². The van der Waals surface area contributed by atoms with Crippen molar-refractivity contribution in [3.63, 3.8) is 0 Å². The summed E-state index contributed by atoms with van der Waals surface area (Å²) in [5, 5.41) is 3.21. The SMILES string of the molecule is CC1CN(C(=O)C2CNCCO2)CC(c2ccccc2)O1. The summed E-state index contributed by atoms with van der Waals surface area (Å²) in [6.07, 6.45) is -0.389. The fourth-order valence-corrected chi connectivity index (χ4v) is 2.91. The molecular weight excluding hydrogens is 268 g/mol. The number of carbonyl (C=O) groups is 1. The number of rotatable bonds is 2. The molecule has 2 saturated heterocycles. The number of amides is 1. The summed E-state index contributed by atoms with van der Waals surface area (Å²) in [6.45, 7) is 5.24. The molecule has 1 aromatic rings. The van der Waals surface area contributed by atoms with Gasteiger partial charge in [-0.25, -0.2) is 0 Å². The number of hydrogen-bond donors (Lipinski definition) is 1. The van der Waals surface area contributed by atoms with E-state index in [0.29, 0.717) is 26.2 Å². The van der Waals surface area contributed by atoms with Crippen molar-refractivity contribution < 1.29 is 14.3 Å². The molecule has 3 atom stereocenters. The first-order valence-electron chi connectivity index (χ1n) is 7.55. The van der Waals surface area contributed by atoms with E-state index >= 15 is 0 Å². The predicted octanol–water partition coefficient (Wildman–Crippen LogP) is 0.963. The second-order valence-corrected chi connectivity index (χ2v) is 5.65. The minimum absolute atomic E-state index is 0.0319. The van der Waals surface area contributed by atoms with Crippen LogP contribution in [0.15, 0.2) is 30.3 Å². The molecule has 21 heavy (non-hydrogen) atoms. The quantitative estimate of drug-likeness (QED) is 0.881. The van der Waals surface area contributed by atoms with Gasteiger partial charge in [0, 0.05) is 19.6 Å². The van der Waals surface area contributed by atoms with Gasteiger partial charge in [-0.2, -0.15) is 0 Å². The van der Waals surface area contributed by atoms with Crippen LogP contribution in [-0.2, 0) is 14.3 Å². The van der Waals surface area contributed by atoms with E-state index in [4.69, 9.17) is 9.47 Å². The van der Waals surface area contributed by atoms with Crippen molar-refractivity contribution in [1.29, 1.82) is 0 Å². The smallest absolute Gasteiger partial charge is 0.253 e. The van der Waals surface area contributed by atoms with Crippen LogP contribution in [0.4, 0.5) is 0 Å². The van der Waals surface area contributed by atoms with Crippen LogP contribution >= 0.6 is 0 Å². The summed E-state index contributed by atoms with van der Waals surface area (Å²) >= 11 is 0. The van der Waals surface area contributed by atoms with Crippen molar-refractivity contribution in [1.82, 2.24) is 10.2 Å². The predicted molar refractivity (Wildman–Crippen MR) is 78.9 cm³/mol. The molecule has 114 valence electrons. The number of nitrogens with one attached hydrogen (secondary N) is 1. The van der Waals surface area contributed by atoms with Gasteiger partial charge in [0.05, 0.1) is 19.3 Å². The van der Waals surface area contributed by atoms with E-state index < -0.39 is 0 Å². The summed E-state index contributed by atoms with van der Waals surface area (Å²) in [7, 11) is 0. The minimum Gasteiger partial charge on any atom is -0.367 e. The molecule has 2 heterocycles. The number of benzene rings is 1. The molecule has 0 aliphatic carbocycles. The van der Waals surface area contributed by atoms with Crippen molar-refractivity contribution in [3.05, 3.63) is 35.9 Å². The van der Waals surface area contributed by atoms with Gasteiger partial charge < -0.3 is 19.7 Å². The Morgan fingerprint density at radius 3 is 2.81 bits per heavy atom. The lowest BCUT2D eigenvalue weighted by Crippen LogP contribution is -2.54. The van der Waals surface area contributed by atoms with Gasteiger partial charge >= 0.3 is 0 Å². The Morgan fingerprint density at radius 2 is 2.10 bits per heavy atom. The highest BCUT2D eigenvalue weighted by Gasteiger charge is 2.33. The molecule has 2 aliphatic rings. The molecule has 3 rings (SSSR count). The van der Waals surface area contributed by atoms with Crippen molar-refractivity contribution >= 4 is 5.91 Å². The third-order valence-corrected chi connectivity index (χ3v) is 3.95. The molecule has 0 radical (unpaired) electrons. The lowest BCUT2D eigenvalue weighted by molar-refractivity contribution is -0.157. The van der Waals surface area contributed by atoms with E-state index in [9.17, 15) is 4.79 Å². The number of morpholine rings is 2. The maximum atomic E-state index is 12.6. The summed E-state index contributed by atoms with van der Waals surface area (Å²) in [5.41, 5.74) is 1.12. The molecule has 5 heteroatoms. The molecular formula is C16H22N2O3. The van der Waals surface area contributed by atoms with Gasteiger partial charge in [-0.1, -0.05) is 30.3 Å². The summed E-state index contributed by atoms with van der Waals surface area (Å²) < 4.78 is 11.6. The molecule has 0 saturated carbocycles. The Morgan fingerprint density at radius 1 is 1.29 bits per heavy atom. The second kappa shape index (κ2) is 6.56. The fraction of sp³-hybridized carbons (Fsp3) is 0.562. The van der Waals surface area contributed by atoms with Gasteiger partial charge in [-0.3, -0.25) is 4.79 Å². The van der Waals surface area contributed by atoms with E-state index in [1.807, 2.05) is 42.2 Å². The topological polar surface area (TPSA) is 50.8 Å². The molecule has 0 aromatic heterocycles. The first kappa shape index (κ1) is 14.5. The Kier molecular flexibility index (Phi) is 4.53. The Labute approximate surface area is 125 Å². The van der Waals surface area contributed by atoms with Crippen LogP contribution in [-0.4, -0.2) is 55.8 Å².